The third-order valence-electron chi connectivity index (χ3n) is 8.72. The summed E-state index contributed by atoms with van der Waals surface area (Å²) in [7, 11) is 0. The fourth-order valence-electron chi connectivity index (χ4n) is 6.34. The quantitative estimate of drug-likeness (QED) is 0.177. The van der Waals surface area contributed by atoms with Crippen molar-refractivity contribution in [3.63, 3.8) is 0 Å². The van der Waals surface area contributed by atoms with Crippen LogP contribution in [0, 0.1) is 13.8 Å². The minimum atomic E-state index is -0.156. The Kier molecular flexibility index (Phi) is 8.46. The summed E-state index contributed by atoms with van der Waals surface area (Å²) in [6.45, 7) is 4.59. The zero-order chi connectivity index (χ0) is 33.0. The summed E-state index contributed by atoms with van der Waals surface area (Å²) in [6.07, 6.45) is 0. The van der Waals surface area contributed by atoms with Crippen molar-refractivity contribution >= 4 is 33.6 Å². The molecule has 2 heterocycles. The molecule has 48 heavy (non-hydrogen) atoms. The number of pyridine rings is 2. The maximum atomic E-state index is 13.8. The lowest BCUT2D eigenvalue weighted by molar-refractivity contribution is 0.0944. The summed E-state index contributed by atoms with van der Waals surface area (Å²) < 4.78 is 0. The molecule has 0 bridgehead atoms. The molecule has 234 valence electrons. The predicted octanol–water partition coefficient (Wildman–Crippen LogP) is 8.59. The van der Waals surface area contributed by atoms with E-state index in [4.69, 9.17) is 9.97 Å². The highest BCUT2D eigenvalue weighted by Gasteiger charge is 2.20. The van der Waals surface area contributed by atoms with Crippen molar-refractivity contribution in [1.29, 1.82) is 0 Å². The van der Waals surface area contributed by atoms with Crippen LogP contribution in [0.3, 0.4) is 0 Å². The Hall–Kier alpha value is -6.14. The Bertz CT molecular complexity index is 2140. The van der Waals surface area contributed by atoms with Gasteiger partial charge in [-0.25, -0.2) is 9.97 Å². The summed E-state index contributed by atoms with van der Waals surface area (Å²) in [5, 5.41) is 7.90. The highest BCUT2D eigenvalue weighted by atomic mass is 16.2. The lowest BCUT2D eigenvalue weighted by atomic mass is 9.97. The van der Waals surface area contributed by atoms with Crippen molar-refractivity contribution in [2.24, 2.45) is 0 Å². The number of hydrogen-bond acceptors (Lipinski definition) is 4. The molecule has 0 unspecified atom stereocenters. The highest BCUT2D eigenvalue weighted by Crippen LogP contribution is 2.31. The van der Waals surface area contributed by atoms with Crippen LogP contribution in [0.2, 0.25) is 0 Å². The Labute approximate surface area is 279 Å². The van der Waals surface area contributed by atoms with Crippen LogP contribution < -0.4 is 10.6 Å². The molecule has 6 nitrogen and oxygen atoms in total. The van der Waals surface area contributed by atoms with Gasteiger partial charge in [-0.15, -0.1) is 0 Å². The third-order valence-corrected chi connectivity index (χ3v) is 8.72. The van der Waals surface area contributed by atoms with E-state index in [1.807, 2.05) is 147 Å². The summed E-state index contributed by atoms with van der Waals surface area (Å²) in [5.74, 6) is -0.313. The molecule has 0 saturated heterocycles. The molecule has 0 aliphatic carbocycles. The number of fused-ring (bicyclic) bond motifs is 2. The predicted molar refractivity (Wildman–Crippen MR) is 193 cm³/mol. The van der Waals surface area contributed by atoms with Crippen LogP contribution in [0.25, 0.3) is 44.3 Å². The maximum absolute atomic E-state index is 13.8. The molecule has 5 aromatic carbocycles. The number of aromatic nitrogens is 2. The van der Waals surface area contributed by atoms with Gasteiger partial charge in [-0.2, -0.15) is 0 Å². The molecule has 2 N–H and O–H groups in total. The average Bonchev–Trinajstić information content (AvgIpc) is 3.13. The second-order valence-electron chi connectivity index (χ2n) is 11.9. The molecule has 7 aromatic rings. The van der Waals surface area contributed by atoms with Gasteiger partial charge in [0.25, 0.3) is 11.8 Å². The number of benzene rings is 5. The molecule has 0 radical (unpaired) electrons. The second-order valence-corrected chi connectivity index (χ2v) is 11.9. The number of nitrogens with zero attached hydrogens (tertiary/aromatic N) is 2. The van der Waals surface area contributed by atoms with Gasteiger partial charge in [0.15, 0.2) is 0 Å². The van der Waals surface area contributed by atoms with Crippen LogP contribution in [0.15, 0.2) is 133 Å². The molecule has 0 aliphatic rings. The minimum Gasteiger partial charge on any atom is -0.348 e. The largest absolute Gasteiger partial charge is 0.348 e. The molecule has 6 heteroatoms. The zero-order valence-electron chi connectivity index (χ0n) is 26.8. The number of hydrogen-bond donors (Lipinski definition) is 2. The Morgan fingerprint density at radius 1 is 0.500 bits per heavy atom. The molecule has 2 amide bonds. The summed E-state index contributed by atoms with van der Waals surface area (Å²) in [5.41, 5.74) is 9.87. The second kappa shape index (κ2) is 13.3. The van der Waals surface area contributed by atoms with E-state index in [0.29, 0.717) is 24.2 Å². The van der Waals surface area contributed by atoms with E-state index >= 15 is 0 Å². The van der Waals surface area contributed by atoms with E-state index in [9.17, 15) is 9.59 Å². The van der Waals surface area contributed by atoms with Gasteiger partial charge in [-0.3, -0.25) is 9.59 Å². The molecule has 0 aliphatic heterocycles. The normalized spacial score (nSPS) is 11.0. The Morgan fingerprint density at radius 3 is 1.33 bits per heavy atom. The van der Waals surface area contributed by atoms with Crippen LogP contribution in [0.4, 0.5) is 0 Å². The van der Waals surface area contributed by atoms with Gasteiger partial charge in [0.05, 0.1) is 33.5 Å². The Morgan fingerprint density at radius 2 is 0.896 bits per heavy atom. The van der Waals surface area contributed by atoms with Crippen LogP contribution in [0.5, 0.6) is 0 Å². The van der Waals surface area contributed by atoms with Gasteiger partial charge in [0.2, 0.25) is 0 Å². The van der Waals surface area contributed by atoms with Crippen molar-refractivity contribution in [3.05, 3.63) is 167 Å². The summed E-state index contributed by atoms with van der Waals surface area (Å²) in [4.78, 5) is 37.3. The third kappa shape index (κ3) is 6.04. The average molecular weight is 627 g/mol. The van der Waals surface area contributed by atoms with Gasteiger partial charge in [0.1, 0.15) is 0 Å². The van der Waals surface area contributed by atoms with E-state index in [2.05, 4.69) is 10.6 Å². The molecular weight excluding hydrogens is 592 g/mol. The number of para-hydroxylation sites is 2. The van der Waals surface area contributed by atoms with Crippen LogP contribution in [0.1, 0.15) is 43.0 Å². The smallest absolute Gasteiger partial charge is 0.252 e. The number of rotatable bonds is 8. The number of nitrogens with one attached hydrogen (secondary N) is 2. The highest BCUT2D eigenvalue weighted by molar-refractivity contribution is 6.09. The van der Waals surface area contributed by atoms with Crippen molar-refractivity contribution in [2.75, 3.05) is 0 Å². The molecule has 7 rings (SSSR count). The van der Waals surface area contributed by atoms with Gasteiger partial charge in [-0.05, 0) is 48.2 Å². The van der Waals surface area contributed by atoms with Gasteiger partial charge >= 0.3 is 0 Å². The monoisotopic (exact) mass is 626 g/mol. The standard InChI is InChI=1S/C42H34N4O2/c1-27-37(33-20-9-11-22-35(33)45-39(27)31-16-5-3-6-17-31)41(47)43-25-29-14-13-15-30(24-29)26-44-42(48)38-28(2)40(32-18-7-4-8-19-32)46-36-23-12-10-21-34(36)38/h3-24H,25-26H2,1-2H3,(H,43,47)(H,44,48). The van der Waals surface area contributed by atoms with Crippen LogP contribution in [-0.2, 0) is 13.1 Å². The SMILES string of the molecule is Cc1c(-c2ccccc2)nc2ccccc2c1C(=O)NCc1cccc(CNC(=O)c2c(C)c(-c3ccccc3)nc3ccccc23)c1. The minimum absolute atomic E-state index is 0.156. The lowest BCUT2D eigenvalue weighted by Gasteiger charge is -2.16. The first-order valence-corrected chi connectivity index (χ1v) is 16.0. The fourth-order valence-corrected chi connectivity index (χ4v) is 6.34. The molecule has 0 fully saturated rings. The van der Waals surface area contributed by atoms with E-state index in [1.54, 1.807) is 0 Å². The number of carbonyl (C=O) groups excluding carboxylic acids is 2. The van der Waals surface area contributed by atoms with Crippen LogP contribution in [-0.4, -0.2) is 21.8 Å². The zero-order valence-corrected chi connectivity index (χ0v) is 26.8. The molecular formula is C42H34N4O2. The topological polar surface area (TPSA) is 84.0 Å². The molecule has 2 aromatic heterocycles. The molecule has 0 atom stereocenters. The molecule has 0 spiro atoms. The fraction of sp³-hybridized carbons (Fsp3) is 0.0952. The summed E-state index contributed by atoms with van der Waals surface area (Å²) in [6, 6.07) is 43.3. The van der Waals surface area contributed by atoms with Crippen molar-refractivity contribution < 1.29 is 9.59 Å². The van der Waals surface area contributed by atoms with Gasteiger partial charge in [-0.1, -0.05) is 121 Å². The first-order valence-electron chi connectivity index (χ1n) is 16.0. The Balaban J connectivity index is 1.10. The number of carbonyl (C=O) groups is 2. The first-order chi connectivity index (χ1) is 23.5. The van der Waals surface area contributed by atoms with E-state index in [-0.39, 0.29) is 11.8 Å². The number of amides is 2. The maximum Gasteiger partial charge on any atom is 0.252 e. The van der Waals surface area contributed by atoms with E-state index in [0.717, 1.165) is 66.6 Å². The molecule has 0 saturated carbocycles. The van der Waals surface area contributed by atoms with E-state index in [1.165, 1.54) is 0 Å². The van der Waals surface area contributed by atoms with Gasteiger partial charge in [0, 0.05) is 35.0 Å². The first kappa shape index (κ1) is 30.5. The van der Waals surface area contributed by atoms with Crippen LogP contribution >= 0.6 is 0 Å². The van der Waals surface area contributed by atoms with Crippen molar-refractivity contribution in [2.45, 2.75) is 26.9 Å². The van der Waals surface area contributed by atoms with Gasteiger partial charge < -0.3 is 10.6 Å². The van der Waals surface area contributed by atoms with E-state index < -0.39 is 0 Å². The van der Waals surface area contributed by atoms with Crippen molar-refractivity contribution in [1.82, 2.24) is 20.6 Å². The lowest BCUT2D eigenvalue weighted by Crippen LogP contribution is -2.25. The summed E-state index contributed by atoms with van der Waals surface area (Å²) >= 11 is 0. The van der Waals surface area contributed by atoms with Crippen molar-refractivity contribution in [3.8, 4) is 22.5 Å².